The number of ether oxygens (including phenoxy) is 1. The molecule has 0 bridgehead atoms. The Hall–Kier alpha value is -2.30. The lowest BCUT2D eigenvalue weighted by atomic mass is 10.0. The average molecular weight is 383 g/mol. The minimum absolute atomic E-state index is 0.0626. The number of carbonyl (C=O) groups is 1. The van der Waals surface area contributed by atoms with E-state index >= 15 is 0 Å². The summed E-state index contributed by atoms with van der Waals surface area (Å²) in [4.78, 5) is 16.7. The topological polar surface area (TPSA) is 94.6 Å². The summed E-state index contributed by atoms with van der Waals surface area (Å²) < 4.78 is 5.75. The number of hydrogen-bond donors (Lipinski definition) is 2. The Labute approximate surface area is 166 Å². The fourth-order valence-corrected chi connectivity index (χ4v) is 4.28. The van der Waals surface area contributed by atoms with Crippen LogP contribution in [0.5, 0.6) is 5.75 Å². The summed E-state index contributed by atoms with van der Waals surface area (Å²) in [6.07, 6.45) is 2.52. The van der Waals surface area contributed by atoms with Crippen molar-refractivity contribution in [1.82, 2.24) is 15.1 Å². The molecule has 3 aliphatic rings. The lowest BCUT2D eigenvalue weighted by Gasteiger charge is -2.24. The van der Waals surface area contributed by atoms with Gasteiger partial charge in [0.25, 0.3) is 0 Å². The molecule has 1 saturated carbocycles. The standard InChI is InChI=1S/C21H29N5O2/c22-7-15-3-5-20(6-4-15)28-14-19(23)13-25-9-17-11-26(12-18(17)10-25)21(27)24-8-16-1-2-16/h3-6,16-19H,1-2,8-14,23H2,(H,24,27)/t17?,18?,19-/m0/s1. The van der Waals surface area contributed by atoms with Crippen LogP contribution in [0.1, 0.15) is 18.4 Å². The molecule has 0 spiro atoms. The molecule has 1 aliphatic carbocycles. The van der Waals surface area contributed by atoms with Crippen LogP contribution in [0.3, 0.4) is 0 Å². The van der Waals surface area contributed by atoms with Gasteiger partial charge in [0.1, 0.15) is 12.4 Å². The van der Waals surface area contributed by atoms with E-state index < -0.39 is 0 Å². The maximum atomic E-state index is 12.3. The molecular weight excluding hydrogens is 354 g/mol. The zero-order chi connectivity index (χ0) is 19.5. The number of nitrogens with zero attached hydrogens (tertiary/aromatic N) is 3. The van der Waals surface area contributed by atoms with E-state index in [1.54, 1.807) is 24.3 Å². The number of hydrogen-bond acceptors (Lipinski definition) is 5. The maximum Gasteiger partial charge on any atom is 0.317 e. The quantitative estimate of drug-likeness (QED) is 0.739. The fourth-order valence-electron chi connectivity index (χ4n) is 4.28. The monoisotopic (exact) mass is 383 g/mol. The van der Waals surface area contributed by atoms with Crippen LogP contribution < -0.4 is 15.8 Å². The summed E-state index contributed by atoms with van der Waals surface area (Å²) in [7, 11) is 0. The van der Waals surface area contributed by atoms with Gasteiger partial charge in [-0.1, -0.05) is 0 Å². The first kappa shape index (κ1) is 19.0. The van der Waals surface area contributed by atoms with Gasteiger partial charge in [0.15, 0.2) is 0 Å². The summed E-state index contributed by atoms with van der Waals surface area (Å²) in [5.74, 6) is 2.56. The molecular formula is C21H29N5O2. The molecule has 0 radical (unpaired) electrons. The molecule has 2 saturated heterocycles. The number of rotatable bonds is 7. The van der Waals surface area contributed by atoms with Crippen molar-refractivity contribution in [3.63, 3.8) is 0 Å². The highest BCUT2D eigenvalue weighted by atomic mass is 16.5. The van der Waals surface area contributed by atoms with Crippen molar-refractivity contribution < 1.29 is 9.53 Å². The molecule has 3 N–H and O–H groups in total. The van der Waals surface area contributed by atoms with Gasteiger partial charge >= 0.3 is 6.03 Å². The Kier molecular flexibility index (Phi) is 5.69. The summed E-state index contributed by atoms with van der Waals surface area (Å²) >= 11 is 0. The number of nitrogens with two attached hydrogens (primary N) is 1. The fraction of sp³-hybridized carbons (Fsp3) is 0.619. The van der Waals surface area contributed by atoms with Crippen LogP contribution >= 0.6 is 0 Å². The van der Waals surface area contributed by atoms with Gasteiger partial charge in [-0.3, -0.25) is 0 Å². The minimum Gasteiger partial charge on any atom is -0.492 e. The van der Waals surface area contributed by atoms with E-state index in [1.165, 1.54) is 12.8 Å². The Morgan fingerprint density at radius 1 is 1.21 bits per heavy atom. The third-order valence-electron chi connectivity index (χ3n) is 6.03. The largest absolute Gasteiger partial charge is 0.492 e. The van der Waals surface area contributed by atoms with Gasteiger partial charge in [-0.15, -0.1) is 0 Å². The minimum atomic E-state index is -0.0626. The molecule has 2 heterocycles. The molecule has 1 aromatic rings. The number of carbonyl (C=O) groups excluding carboxylic acids is 1. The molecule has 3 fully saturated rings. The molecule has 0 aromatic heterocycles. The summed E-state index contributed by atoms with van der Waals surface area (Å²) in [5.41, 5.74) is 6.88. The molecule has 7 heteroatoms. The number of likely N-dealkylation sites (tertiary alicyclic amines) is 2. The Morgan fingerprint density at radius 2 is 1.89 bits per heavy atom. The predicted octanol–water partition coefficient (Wildman–Crippen LogP) is 1.25. The highest BCUT2D eigenvalue weighted by molar-refractivity contribution is 5.74. The van der Waals surface area contributed by atoms with Gasteiger partial charge in [-0.2, -0.15) is 5.26 Å². The van der Waals surface area contributed by atoms with Crippen LogP contribution in [-0.4, -0.2) is 67.7 Å². The predicted molar refractivity (Wildman–Crippen MR) is 106 cm³/mol. The van der Waals surface area contributed by atoms with Gasteiger partial charge < -0.3 is 25.6 Å². The van der Waals surface area contributed by atoms with Crippen molar-refractivity contribution >= 4 is 6.03 Å². The molecule has 1 aromatic carbocycles. The first-order valence-corrected chi connectivity index (χ1v) is 10.2. The van der Waals surface area contributed by atoms with Crippen molar-refractivity contribution in [2.24, 2.45) is 23.5 Å². The second kappa shape index (κ2) is 8.38. The van der Waals surface area contributed by atoms with Crippen molar-refractivity contribution in [3.8, 4) is 11.8 Å². The normalized spacial score (nSPS) is 25.2. The number of benzene rings is 1. The zero-order valence-electron chi connectivity index (χ0n) is 16.2. The van der Waals surface area contributed by atoms with Crippen LogP contribution in [0.4, 0.5) is 4.79 Å². The number of fused-ring (bicyclic) bond motifs is 1. The number of amides is 2. The zero-order valence-corrected chi connectivity index (χ0v) is 16.2. The first-order chi connectivity index (χ1) is 13.6. The first-order valence-electron chi connectivity index (χ1n) is 10.2. The second-order valence-electron chi connectivity index (χ2n) is 8.48. The highest BCUT2D eigenvalue weighted by Crippen LogP contribution is 2.31. The van der Waals surface area contributed by atoms with Crippen LogP contribution in [-0.2, 0) is 0 Å². The second-order valence-corrected chi connectivity index (χ2v) is 8.48. The van der Waals surface area contributed by atoms with E-state index in [4.69, 9.17) is 15.7 Å². The molecule has 28 heavy (non-hydrogen) atoms. The van der Waals surface area contributed by atoms with Crippen LogP contribution in [0.25, 0.3) is 0 Å². The van der Waals surface area contributed by atoms with E-state index in [9.17, 15) is 4.79 Å². The van der Waals surface area contributed by atoms with Crippen molar-refractivity contribution in [2.45, 2.75) is 18.9 Å². The van der Waals surface area contributed by atoms with Crippen molar-refractivity contribution in [3.05, 3.63) is 29.8 Å². The molecule has 3 atom stereocenters. The summed E-state index contributed by atoms with van der Waals surface area (Å²) in [6, 6.07) is 9.23. The van der Waals surface area contributed by atoms with E-state index in [1.807, 2.05) is 4.90 Å². The molecule has 2 amide bonds. The van der Waals surface area contributed by atoms with E-state index in [-0.39, 0.29) is 12.1 Å². The average Bonchev–Trinajstić information content (AvgIpc) is 3.34. The smallest absolute Gasteiger partial charge is 0.317 e. The summed E-state index contributed by atoms with van der Waals surface area (Å²) in [5, 5.41) is 11.9. The number of nitrogens with one attached hydrogen (secondary N) is 1. The van der Waals surface area contributed by atoms with Crippen molar-refractivity contribution in [1.29, 1.82) is 5.26 Å². The Balaban J connectivity index is 1.16. The van der Waals surface area contributed by atoms with Gasteiger partial charge in [0.2, 0.25) is 0 Å². The van der Waals surface area contributed by atoms with Gasteiger partial charge in [-0.25, -0.2) is 4.79 Å². The molecule has 150 valence electrons. The van der Waals surface area contributed by atoms with Gasteiger partial charge in [0.05, 0.1) is 17.7 Å². The lowest BCUT2D eigenvalue weighted by Crippen LogP contribution is -2.43. The number of nitriles is 1. The maximum absolute atomic E-state index is 12.3. The Bertz CT molecular complexity index is 713. The molecule has 4 rings (SSSR count). The van der Waals surface area contributed by atoms with Gasteiger partial charge in [0, 0.05) is 39.3 Å². The van der Waals surface area contributed by atoms with E-state index in [0.29, 0.717) is 24.0 Å². The highest BCUT2D eigenvalue weighted by Gasteiger charge is 2.41. The van der Waals surface area contributed by atoms with E-state index in [0.717, 1.165) is 50.9 Å². The third-order valence-corrected chi connectivity index (χ3v) is 6.03. The third kappa shape index (κ3) is 4.75. The molecule has 2 aliphatic heterocycles. The van der Waals surface area contributed by atoms with E-state index in [2.05, 4.69) is 16.3 Å². The summed E-state index contributed by atoms with van der Waals surface area (Å²) in [6.45, 7) is 5.81. The molecule has 2 unspecified atom stereocenters. The SMILES string of the molecule is N#Cc1ccc(OC[C@@H](N)CN2CC3CN(C(=O)NCC4CC4)CC3C2)cc1. The van der Waals surface area contributed by atoms with Crippen LogP contribution in [0.2, 0.25) is 0 Å². The van der Waals surface area contributed by atoms with Crippen molar-refractivity contribution in [2.75, 3.05) is 45.9 Å². The number of urea groups is 1. The lowest BCUT2D eigenvalue weighted by molar-refractivity contribution is 0.194. The van der Waals surface area contributed by atoms with Crippen LogP contribution in [0, 0.1) is 29.1 Å². The Morgan fingerprint density at radius 3 is 2.50 bits per heavy atom. The van der Waals surface area contributed by atoms with Gasteiger partial charge in [-0.05, 0) is 54.9 Å². The molecule has 7 nitrogen and oxygen atoms in total. The van der Waals surface area contributed by atoms with Crippen LogP contribution in [0.15, 0.2) is 24.3 Å².